The molecular formula is C17H12FN3. The first kappa shape index (κ1) is 13.1. The van der Waals surface area contributed by atoms with Gasteiger partial charge in [-0.1, -0.05) is 24.3 Å². The van der Waals surface area contributed by atoms with Crippen molar-refractivity contribution in [3.05, 3.63) is 77.9 Å². The molecule has 0 amide bonds. The van der Waals surface area contributed by atoms with Gasteiger partial charge in [0.15, 0.2) is 0 Å². The van der Waals surface area contributed by atoms with Gasteiger partial charge in [-0.2, -0.15) is 5.26 Å². The first-order chi connectivity index (χ1) is 10.3. The van der Waals surface area contributed by atoms with Crippen molar-refractivity contribution >= 4 is 0 Å². The molecule has 0 spiro atoms. The van der Waals surface area contributed by atoms with Crippen molar-refractivity contribution in [3.8, 4) is 17.5 Å². The molecular weight excluding hydrogens is 265 g/mol. The quantitative estimate of drug-likeness (QED) is 0.734. The average Bonchev–Trinajstić information content (AvgIpc) is 2.96. The van der Waals surface area contributed by atoms with Gasteiger partial charge in [-0.15, -0.1) is 0 Å². The third-order valence-corrected chi connectivity index (χ3v) is 3.24. The van der Waals surface area contributed by atoms with Gasteiger partial charge >= 0.3 is 0 Å². The summed E-state index contributed by atoms with van der Waals surface area (Å²) in [6.45, 7) is 0.541. The topological polar surface area (TPSA) is 41.6 Å². The van der Waals surface area contributed by atoms with E-state index in [2.05, 4.69) is 11.1 Å². The van der Waals surface area contributed by atoms with E-state index in [9.17, 15) is 4.39 Å². The number of imidazole rings is 1. The summed E-state index contributed by atoms with van der Waals surface area (Å²) in [5.74, 6) is 0.284. The number of nitriles is 1. The van der Waals surface area contributed by atoms with Crippen molar-refractivity contribution in [1.82, 2.24) is 9.55 Å². The highest BCUT2D eigenvalue weighted by molar-refractivity contribution is 5.56. The predicted octanol–water partition coefficient (Wildman–Crippen LogP) is 3.61. The number of rotatable bonds is 3. The molecule has 2 aromatic carbocycles. The number of hydrogen-bond acceptors (Lipinski definition) is 2. The minimum absolute atomic E-state index is 0.296. The van der Waals surface area contributed by atoms with Crippen LogP contribution >= 0.6 is 0 Å². The molecule has 1 aromatic heterocycles. The maximum Gasteiger partial charge on any atom is 0.143 e. The van der Waals surface area contributed by atoms with Gasteiger partial charge in [-0.05, 0) is 29.8 Å². The molecule has 0 aliphatic rings. The summed E-state index contributed by atoms with van der Waals surface area (Å²) in [4.78, 5) is 4.24. The van der Waals surface area contributed by atoms with E-state index in [1.54, 1.807) is 36.7 Å². The zero-order chi connectivity index (χ0) is 14.7. The highest BCUT2D eigenvalue weighted by Crippen LogP contribution is 2.21. The molecule has 0 fully saturated rings. The monoisotopic (exact) mass is 277 g/mol. The van der Waals surface area contributed by atoms with Gasteiger partial charge in [-0.25, -0.2) is 9.37 Å². The Bertz CT molecular complexity index is 815. The van der Waals surface area contributed by atoms with Gasteiger partial charge in [0.2, 0.25) is 0 Å². The molecule has 0 bridgehead atoms. The molecule has 0 aliphatic heterocycles. The normalized spacial score (nSPS) is 10.3. The molecule has 3 rings (SSSR count). The number of aromatic nitrogens is 2. The summed E-state index contributed by atoms with van der Waals surface area (Å²) >= 11 is 0. The Morgan fingerprint density at radius 3 is 2.81 bits per heavy atom. The minimum Gasteiger partial charge on any atom is -0.326 e. The average molecular weight is 277 g/mol. The van der Waals surface area contributed by atoms with Crippen LogP contribution in [0.15, 0.2) is 60.9 Å². The fourth-order valence-corrected chi connectivity index (χ4v) is 2.26. The zero-order valence-electron chi connectivity index (χ0n) is 11.2. The Hall–Kier alpha value is -2.93. The SMILES string of the molecule is N#Cc1cccc(Cn2ccnc2-c2ccccc2F)c1. The second-order valence-corrected chi connectivity index (χ2v) is 4.67. The van der Waals surface area contributed by atoms with E-state index in [-0.39, 0.29) is 5.82 Å². The molecule has 0 saturated carbocycles. The van der Waals surface area contributed by atoms with Crippen LogP contribution in [-0.2, 0) is 6.54 Å². The summed E-state index contributed by atoms with van der Waals surface area (Å²) in [6, 6.07) is 16.0. The summed E-state index contributed by atoms with van der Waals surface area (Å²) in [6.07, 6.45) is 3.46. The summed E-state index contributed by atoms with van der Waals surface area (Å²) < 4.78 is 15.8. The Labute approximate surface area is 121 Å². The zero-order valence-corrected chi connectivity index (χ0v) is 11.2. The van der Waals surface area contributed by atoms with E-state index in [1.807, 2.05) is 22.8 Å². The largest absolute Gasteiger partial charge is 0.326 e. The first-order valence-electron chi connectivity index (χ1n) is 6.53. The van der Waals surface area contributed by atoms with Crippen molar-refractivity contribution in [2.45, 2.75) is 6.54 Å². The molecule has 0 atom stereocenters. The standard InChI is InChI=1S/C17H12FN3/c18-16-7-2-1-6-15(16)17-20-8-9-21(17)12-14-5-3-4-13(10-14)11-19/h1-10H,12H2. The van der Waals surface area contributed by atoms with Crippen molar-refractivity contribution < 1.29 is 4.39 Å². The minimum atomic E-state index is -0.296. The fourth-order valence-electron chi connectivity index (χ4n) is 2.26. The van der Waals surface area contributed by atoms with E-state index >= 15 is 0 Å². The van der Waals surface area contributed by atoms with E-state index in [4.69, 9.17) is 5.26 Å². The van der Waals surface area contributed by atoms with Crippen LogP contribution in [0.4, 0.5) is 4.39 Å². The molecule has 4 heteroatoms. The Morgan fingerprint density at radius 1 is 1.14 bits per heavy atom. The van der Waals surface area contributed by atoms with Gasteiger partial charge in [-0.3, -0.25) is 0 Å². The van der Waals surface area contributed by atoms with Crippen LogP contribution in [0.25, 0.3) is 11.4 Å². The van der Waals surface area contributed by atoms with Gasteiger partial charge in [0.25, 0.3) is 0 Å². The maximum absolute atomic E-state index is 13.9. The van der Waals surface area contributed by atoms with E-state index < -0.39 is 0 Å². The van der Waals surface area contributed by atoms with Crippen LogP contribution in [0.2, 0.25) is 0 Å². The summed E-state index contributed by atoms with van der Waals surface area (Å²) in [5, 5.41) is 8.94. The van der Waals surface area contributed by atoms with Crippen LogP contribution in [0, 0.1) is 17.1 Å². The van der Waals surface area contributed by atoms with E-state index in [1.165, 1.54) is 6.07 Å². The number of benzene rings is 2. The molecule has 0 radical (unpaired) electrons. The Kier molecular flexibility index (Phi) is 3.48. The highest BCUT2D eigenvalue weighted by Gasteiger charge is 2.10. The van der Waals surface area contributed by atoms with Crippen LogP contribution in [0.5, 0.6) is 0 Å². The fraction of sp³-hybridized carbons (Fsp3) is 0.0588. The lowest BCUT2D eigenvalue weighted by Gasteiger charge is -2.09. The summed E-state index contributed by atoms with van der Waals surface area (Å²) in [7, 11) is 0. The first-order valence-corrected chi connectivity index (χ1v) is 6.53. The molecule has 0 saturated heterocycles. The lowest BCUT2D eigenvalue weighted by atomic mass is 10.1. The molecule has 0 N–H and O–H groups in total. The Balaban J connectivity index is 1.97. The number of nitrogens with zero attached hydrogens (tertiary/aromatic N) is 3. The van der Waals surface area contributed by atoms with Crippen LogP contribution in [-0.4, -0.2) is 9.55 Å². The van der Waals surface area contributed by atoms with Gasteiger partial charge in [0, 0.05) is 18.9 Å². The number of halogens is 1. The molecule has 0 aliphatic carbocycles. The van der Waals surface area contributed by atoms with Crippen molar-refractivity contribution in [1.29, 1.82) is 5.26 Å². The highest BCUT2D eigenvalue weighted by atomic mass is 19.1. The van der Waals surface area contributed by atoms with Crippen molar-refractivity contribution in [3.63, 3.8) is 0 Å². The second kappa shape index (κ2) is 5.59. The molecule has 3 nitrogen and oxygen atoms in total. The van der Waals surface area contributed by atoms with Gasteiger partial charge < -0.3 is 4.57 Å². The molecule has 102 valence electrons. The van der Waals surface area contributed by atoms with E-state index in [0.717, 1.165) is 5.56 Å². The molecule has 1 heterocycles. The maximum atomic E-state index is 13.9. The van der Waals surface area contributed by atoms with Gasteiger partial charge in [0.05, 0.1) is 17.2 Å². The lowest BCUT2D eigenvalue weighted by Crippen LogP contribution is -2.02. The van der Waals surface area contributed by atoms with Crippen LogP contribution < -0.4 is 0 Å². The van der Waals surface area contributed by atoms with Gasteiger partial charge in [0.1, 0.15) is 11.6 Å². The third kappa shape index (κ3) is 2.67. The van der Waals surface area contributed by atoms with Crippen LogP contribution in [0.1, 0.15) is 11.1 Å². The second-order valence-electron chi connectivity index (χ2n) is 4.67. The summed E-state index contributed by atoms with van der Waals surface area (Å²) in [5.41, 5.74) is 2.06. The van der Waals surface area contributed by atoms with Crippen molar-refractivity contribution in [2.75, 3.05) is 0 Å². The predicted molar refractivity (Wildman–Crippen MR) is 77.9 cm³/mol. The van der Waals surface area contributed by atoms with Crippen LogP contribution in [0.3, 0.4) is 0 Å². The molecule has 0 unspecified atom stereocenters. The lowest BCUT2D eigenvalue weighted by molar-refractivity contribution is 0.628. The smallest absolute Gasteiger partial charge is 0.143 e. The molecule has 21 heavy (non-hydrogen) atoms. The molecule has 3 aromatic rings. The van der Waals surface area contributed by atoms with E-state index in [0.29, 0.717) is 23.5 Å². The Morgan fingerprint density at radius 2 is 2.00 bits per heavy atom. The number of hydrogen-bond donors (Lipinski definition) is 0. The third-order valence-electron chi connectivity index (χ3n) is 3.24. The van der Waals surface area contributed by atoms with Crippen molar-refractivity contribution in [2.24, 2.45) is 0 Å².